The summed E-state index contributed by atoms with van der Waals surface area (Å²) in [6.45, 7) is 11.0. The van der Waals surface area contributed by atoms with Crippen LogP contribution < -0.4 is 0 Å². The zero-order chi connectivity index (χ0) is 15.1. The van der Waals surface area contributed by atoms with E-state index in [-0.39, 0.29) is 0 Å². The number of rotatable bonds is 3. The minimum absolute atomic E-state index is 0.496. The van der Waals surface area contributed by atoms with E-state index in [0.29, 0.717) is 5.92 Å². The smallest absolute Gasteiger partial charge is 0.0956 e. The molecule has 3 heteroatoms. The lowest BCUT2D eigenvalue weighted by Gasteiger charge is -1.97. The molecule has 0 saturated heterocycles. The van der Waals surface area contributed by atoms with E-state index in [2.05, 4.69) is 39.6 Å². The van der Waals surface area contributed by atoms with Crippen LogP contribution in [0.4, 0.5) is 0 Å². The molecule has 0 saturated carbocycles. The summed E-state index contributed by atoms with van der Waals surface area (Å²) in [6, 6.07) is 7.87. The van der Waals surface area contributed by atoms with Gasteiger partial charge in [0, 0.05) is 17.1 Å². The number of halogens is 1. The lowest BCUT2D eigenvalue weighted by atomic mass is 10.2. The van der Waals surface area contributed by atoms with Crippen LogP contribution in [0.2, 0.25) is 5.02 Å². The second kappa shape index (κ2) is 8.43. The second-order valence-electron chi connectivity index (χ2n) is 5.53. The molecule has 1 aromatic carbocycles. The predicted molar refractivity (Wildman–Crippen MR) is 91.8 cm³/mol. The fourth-order valence-electron chi connectivity index (χ4n) is 1.30. The van der Waals surface area contributed by atoms with Crippen molar-refractivity contribution in [3.8, 4) is 10.4 Å². The van der Waals surface area contributed by atoms with E-state index < -0.39 is 0 Å². The topological polar surface area (TPSA) is 12.9 Å². The summed E-state index contributed by atoms with van der Waals surface area (Å²) in [5.41, 5.74) is 1.18. The standard InChI is InChI=1S/C12H12ClNS.C5H12/c1-8(2)12-14-7-11(15-12)9-3-5-10(13)6-4-9;1-4-5(2)3/h3-8H,1-2H3;5H,4H2,1-3H3. The van der Waals surface area contributed by atoms with Crippen molar-refractivity contribution < 1.29 is 0 Å². The molecule has 0 aliphatic carbocycles. The molecular formula is C17H24ClNS. The molecule has 0 amide bonds. The van der Waals surface area contributed by atoms with Crippen LogP contribution in [0.3, 0.4) is 0 Å². The third-order valence-electron chi connectivity index (χ3n) is 2.96. The van der Waals surface area contributed by atoms with Crippen LogP contribution >= 0.6 is 22.9 Å². The van der Waals surface area contributed by atoms with Crippen LogP contribution in [-0.4, -0.2) is 4.98 Å². The lowest BCUT2D eigenvalue weighted by Crippen LogP contribution is -1.81. The van der Waals surface area contributed by atoms with E-state index in [0.717, 1.165) is 10.9 Å². The summed E-state index contributed by atoms with van der Waals surface area (Å²) < 4.78 is 0. The maximum atomic E-state index is 5.84. The van der Waals surface area contributed by atoms with Crippen molar-refractivity contribution in [3.05, 3.63) is 40.5 Å². The van der Waals surface area contributed by atoms with Gasteiger partial charge in [-0.2, -0.15) is 0 Å². The molecule has 2 rings (SSSR count). The fourth-order valence-corrected chi connectivity index (χ4v) is 2.35. The first-order chi connectivity index (χ1) is 9.43. The van der Waals surface area contributed by atoms with Crippen molar-refractivity contribution >= 4 is 22.9 Å². The number of hydrogen-bond acceptors (Lipinski definition) is 2. The van der Waals surface area contributed by atoms with E-state index in [1.165, 1.54) is 21.9 Å². The Hall–Kier alpha value is -0.860. The van der Waals surface area contributed by atoms with Crippen molar-refractivity contribution in [2.24, 2.45) is 5.92 Å². The van der Waals surface area contributed by atoms with E-state index in [1.54, 1.807) is 11.3 Å². The normalized spacial score (nSPS) is 10.6. The Labute approximate surface area is 132 Å². The van der Waals surface area contributed by atoms with Gasteiger partial charge in [0.25, 0.3) is 0 Å². The summed E-state index contributed by atoms with van der Waals surface area (Å²) >= 11 is 7.59. The van der Waals surface area contributed by atoms with Gasteiger partial charge in [-0.05, 0) is 23.6 Å². The van der Waals surface area contributed by atoms with Crippen molar-refractivity contribution in [1.29, 1.82) is 0 Å². The Morgan fingerprint density at radius 3 is 2.05 bits per heavy atom. The highest BCUT2D eigenvalue weighted by Gasteiger charge is 2.06. The largest absolute Gasteiger partial charge is 0.249 e. The Bertz CT molecular complexity index is 500. The highest BCUT2D eigenvalue weighted by molar-refractivity contribution is 7.15. The van der Waals surface area contributed by atoms with Gasteiger partial charge in [-0.15, -0.1) is 11.3 Å². The highest BCUT2D eigenvalue weighted by atomic mass is 35.5. The summed E-state index contributed by atoms with van der Waals surface area (Å²) in [6.07, 6.45) is 3.24. The summed E-state index contributed by atoms with van der Waals surface area (Å²) in [5, 5.41) is 1.95. The highest BCUT2D eigenvalue weighted by Crippen LogP contribution is 2.30. The second-order valence-corrected chi connectivity index (χ2v) is 7.03. The number of hydrogen-bond donors (Lipinski definition) is 0. The first-order valence-corrected chi connectivity index (χ1v) is 8.35. The molecular weight excluding hydrogens is 286 g/mol. The zero-order valence-electron chi connectivity index (χ0n) is 13.0. The van der Waals surface area contributed by atoms with Crippen molar-refractivity contribution in [2.45, 2.75) is 47.0 Å². The molecule has 1 heterocycles. The van der Waals surface area contributed by atoms with Gasteiger partial charge in [0.1, 0.15) is 0 Å². The maximum absolute atomic E-state index is 5.84. The molecule has 1 nitrogen and oxygen atoms in total. The lowest BCUT2D eigenvalue weighted by molar-refractivity contribution is 0.626. The van der Waals surface area contributed by atoms with E-state index in [9.17, 15) is 0 Å². The van der Waals surface area contributed by atoms with Crippen LogP contribution in [0.15, 0.2) is 30.5 Å². The molecule has 0 aliphatic heterocycles. The van der Waals surface area contributed by atoms with E-state index >= 15 is 0 Å². The molecule has 0 spiro atoms. The van der Waals surface area contributed by atoms with Crippen LogP contribution in [0.1, 0.15) is 52.0 Å². The van der Waals surface area contributed by atoms with Crippen LogP contribution in [0.25, 0.3) is 10.4 Å². The summed E-state index contributed by atoms with van der Waals surface area (Å²) in [7, 11) is 0. The Morgan fingerprint density at radius 2 is 1.65 bits per heavy atom. The van der Waals surface area contributed by atoms with Gasteiger partial charge < -0.3 is 0 Å². The number of aromatic nitrogens is 1. The quantitative estimate of drug-likeness (QED) is 0.619. The van der Waals surface area contributed by atoms with Gasteiger partial charge in [-0.25, -0.2) is 4.98 Å². The SMILES string of the molecule is CC(C)c1ncc(-c2ccc(Cl)cc2)s1.CCC(C)C. The molecule has 1 aromatic heterocycles. The molecule has 0 unspecified atom stereocenters. The predicted octanol–water partition coefficient (Wildman–Crippen LogP) is 6.64. The van der Waals surface area contributed by atoms with Crippen LogP contribution in [0.5, 0.6) is 0 Å². The van der Waals surface area contributed by atoms with Gasteiger partial charge >= 0.3 is 0 Å². The minimum atomic E-state index is 0.496. The molecule has 20 heavy (non-hydrogen) atoms. The Balaban J connectivity index is 0.000000347. The van der Waals surface area contributed by atoms with Crippen molar-refractivity contribution in [1.82, 2.24) is 4.98 Å². The monoisotopic (exact) mass is 309 g/mol. The Kier molecular flexibility index (Phi) is 7.25. The van der Waals surface area contributed by atoms with Gasteiger partial charge in [-0.1, -0.05) is 64.8 Å². The molecule has 0 fully saturated rings. The molecule has 0 bridgehead atoms. The Morgan fingerprint density at radius 1 is 1.10 bits per heavy atom. The van der Waals surface area contributed by atoms with Crippen molar-refractivity contribution in [3.63, 3.8) is 0 Å². The van der Waals surface area contributed by atoms with Gasteiger partial charge in [0.05, 0.1) is 9.88 Å². The zero-order valence-corrected chi connectivity index (χ0v) is 14.6. The maximum Gasteiger partial charge on any atom is 0.0956 e. The first-order valence-electron chi connectivity index (χ1n) is 7.15. The number of benzene rings is 1. The van der Waals surface area contributed by atoms with E-state index in [4.69, 9.17) is 11.6 Å². The third-order valence-corrected chi connectivity index (χ3v) is 4.56. The molecule has 0 N–H and O–H groups in total. The van der Waals surface area contributed by atoms with Gasteiger partial charge in [-0.3, -0.25) is 0 Å². The third kappa shape index (κ3) is 5.64. The number of thiazole rings is 1. The average Bonchev–Trinajstić information content (AvgIpc) is 2.90. The molecule has 2 aromatic rings. The van der Waals surface area contributed by atoms with Crippen LogP contribution in [-0.2, 0) is 0 Å². The van der Waals surface area contributed by atoms with Gasteiger partial charge in [0.2, 0.25) is 0 Å². The molecule has 0 radical (unpaired) electrons. The average molecular weight is 310 g/mol. The molecule has 110 valence electrons. The summed E-state index contributed by atoms with van der Waals surface area (Å²) in [4.78, 5) is 5.60. The van der Waals surface area contributed by atoms with Crippen LogP contribution in [0, 0.1) is 5.92 Å². The molecule has 0 atom stereocenters. The number of nitrogens with zero attached hydrogens (tertiary/aromatic N) is 1. The van der Waals surface area contributed by atoms with Gasteiger partial charge in [0.15, 0.2) is 0 Å². The molecule has 0 aliphatic rings. The fraction of sp³-hybridized carbons (Fsp3) is 0.471. The minimum Gasteiger partial charge on any atom is -0.249 e. The first kappa shape index (κ1) is 17.2. The summed E-state index contributed by atoms with van der Waals surface area (Å²) in [5.74, 6) is 1.38. The van der Waals surface area contributed by atoms with E-state index in [1.807, 2.05) is 30.5 Å². The van der Waals surface area contributed by atoms with Crippen molar-refractivity contribution in [2.75, 3.05) is 0 Å².